The predicted molar refractivity (Wildman–Crippen MR) is 83.6 cm³/mol. The minimum Gasteiger partial charge on any atom is -0.467 e. The topological polar surface area (TPSA) is 58.5 Å². The number of carbonyl (C=O) groups excluding carboxylic acids is 1. The van der Waals surface area contributed by atoms with Gasteiger partial charge in [0.25, 0.3) is 5.91 Å². The maximum Gasteiger partial charge on any atom is 0.270 e. The van der Waals surface area contributed by atoms with Crippen LogP contribution in [0.3, 0.4) is 0 Å². The molecule has 0 atom stereocenters. The van der Waals surface area contributed by atoms with Crippen molar-refractivity contribution in [3.05, 3.63) is 59.9 Å². The average molecular weight is 316 g/mol. The zero-order valence-electron chi connectivity index (χ0n) is 12.7. The van der Waals surface area contributed by atoms with Crippen LogP contribution in [-0.2, 0) is 11.3 Å². The van der Waals surface area contributed by atoms with E-state index in [1.807, 2.05) is 0 Å². The van der Waals surface area contributed by atoms with E-state index in [0.717, 1.165) is 0 Å². The van der Waals surface area contributed by atoms with E-state index in [4.69, 9.17) is 9.15 Å². The van der Waals surface area contributed by atoms with E-state index in [0.29, 0.717) is 42.1 Å². The lowest BCUT2D eigenvalue weighted by Gasteiger charge is -2.20. The third kappa shape index (κ3) is 3.27. The molecule has 0 radical (unpaired) electrons. The van der Waals surface area contributed by atoms with E-state index < -0.39 is 0 Å². The first kappa shape index (κ1) is 15.3. The molecule has 0 saturated heterocycles. The number of hydrogen-bond donors (Lipinski definition) is 1. The van der Waals surface area contributed by atoms with Gasteiger partial charge in [0.05, 0.1) is 19.4 Å². The fraction of sp³-hybridized carbons (Fsp3) is 0.235. The molecule has 0 unspecified atom stereocenters. The van der Waals surface area contributed by atoms with Gasteiger partial charge in [-0.2, -0.15) is 0 Å². The zero-order valence-corrected chi connectivity index (χ0v) is 12.7. The number of carbonyl (C=O) groups is 1. The van der Waals surface area contributed by atoms with Gasteiger partial charge in [-0.3, -0.25) is 4.79 Å². The fourth-order valence-corrected chi connectivity index (χ4v) is 2.45. The number of fused-ring (bicyclic) bond motifs is 1. The molecule has 6 heteroatoms. The van der Waals surface area contributed by atoms with Crippen molar-refractivity contribution in [2.45, 2.75) is 6.54 Å². The first-order valence-electron chi connectivity index (χ1n) is 7.27. The first-order chi connectivity index (χ1) is 11.2. The van der Waals surface area contributed by atoms with Gasteiger partial charge in [-0.25, -0.2) is 4.39 Å². The maximum absolute atomic E-state index is 13.8. The summed E-state index contributed by atoms with van der Waals surface area (Å²) >= 11 is 0. The molecule has 0 aliphatic carbocycles. The summed E-state index contributed by atoms with van der Waals surface area (Å²) in [7, 11) is 1.58. The Bertz CT molecular complexity index is 795. The number of benzene rings is 1. The van der Waals surface area contributed by atoms with Crippen molar-refractivity contribution in [2.75, 3.05) is 20.3 Å². The van der Waals surface area contributed by atoms with Crippen LogP contribution >= 0.6 is 0 Å². The maximum atomic E-state index is 13.8. The third-order valence-electron chi connectivity index (χ3n) is 3.62. The molecule has 3 aromatic rings. The molecular weight excluding hydrogens is 299 g/mol. The highest BCUT2D eigenvalue weighted by Gasteiger charge is 2.19. The number of nitrogens with one attached hydrogen (secondary N) is 1. The van der Waals surface area contributed by atoms with Crippen molar-refractivity contribution < 1.29 is 18.3 Å². The van der Waals surface area contributed by atoms with Gasteiger partial charge in [-0.15, -0.1) is 0 Å². The van der Waals surface area contributed by atoms with Gasteiger partial charge in [0.15, 0.2) is 0 Å². The van der Waals surface area contributed by atoms with E-state index in [1.165, 1.54) is 12.1 Å². The van der Waals surface area contributed by atoms with Crippen LogP contribution in [0, 0.1) is 5.82 Å². The SMILES string of the molecule is COCCN(Cc1ccco1)C(=O)c1cc2c(F)cccc2[nH]1. The van der Waals surface area contributed by atoms with E-state index in [9.17, 15) is 9.18 Å². The van der Waals surface area contributed by atoms with Gasteiger partial charge in [0.2, 0.25) is 0 Å². The van der Waals surface area contributed by atoms with Crippen LogP contribution in [-0.4, -0.2) is 36.1 Å². The molecule has 0 bridgehead atoms. The predicted octanol–water partition coefficient (Wildman–Crippen LogP) is 3.19. The zero-order chi connectivity index (χ0) is 16.2. The summed E-state index contributed by atoms with van der Waals surface area (Å²) in [5.74, 6) is 0.0954. The van der Waals surface area contributed by atoms with E-state index >= 15 is 0 Å². The number of methoxy groups -OCH3 is 1. The second kappa shape index (κ2) is 6.66. The molecule has 1 aromatic carbocycles. The molecule has 1 N–H and O–H groups in total. The van der Waals surface area contributed by atoms with Crippen molar-refractivity contribution in [3.8, 4) is 0 Å². The minimum atomic E-state index is -0.354. The third-order valence-corrected chi connectivity index (χ3v) is 3.62. The van der Waals surface area contributed by atoms with Crippen molar-refractivity contribution in [1.82, 2.24) is 9.88 Å². The van der Waals surface area contributed by atoms with Crippen LogP contribution in [0.15, 0.2) is 47.1 Å². The van der Waals surface area contributed by atoms with Crippen molar-refractivity contribution in [3.63, 3.8) is 0 Å². The number of rotatable bonds is 6. The summed E-state index contributed by atoms with van der Waals surface area (Å²) in [5.41, 5.74) is 0.936. The van der Waals surface area contributed by atoms with Gasteiger partial charge >= 0.3 is 0 Å². The molecule has 3 rings (SSSR count). The lowest BCUT2D eigenvalue weighted by Crippen LogP contribution is -2.33. The highest BCUT2D eigenvalue weighted by atomic mass is 19.1. The Balaban J connectivity index is 1.87. The molecular formula is C17H17FN2O3. The second-order valence-corrected chi connectivity index (χ2v) is 5.18. The summed E-state index contributed by atoms with van der Waals surface area (Å²) in [4.78, 5) is 17.3. The lowest BCUT2D eigenvalue weighted by molar-refractivity contribution is 0.0661. The van der Waals surface area contributed by atoms with Gasteiger partial charge in [0.1, 0.15) is 17.3 Å². The molecule has 120 valence electrons. The Morgan fingerprint density at radius 3 is 2.91 bits per heavy atom. The van der Waals surface area contributed by atoms with Crippen molar-refractivity contribution >= 4 is 16.8 Å². The number of amides is 1. The standard InChI is InChI=1S/C17H17FN2O3/c1-22-9-7-20(11-12-4-3-8-23-12)17(21)16-10-13-14(18)5-2-6-15(13)19-16/h2-6,8,10,19H,7,9,11H2,1H3. The molecule has 0 saturated carbocycles. The van der Waals surface area contributed by atoms with Crippen LogP contribution in [0.5, 0.6) is 0 Å². The Morgan fingerprint density at radius 1 is 1.35 bits per heavy atom. The van der Waals surface area contributed by atoms with Crippen LogP contribution in [0.2, 0.25) is 0 Å². The number of nitrogens with zero attached hydrogens (tertiary/aromatic N) is 1. The number of aromatic amines is 1. The summed E-state index contributed by atoms with van der Waals surface area (Å²) < 4.78 is 24.2. The molecule has 0 aliphatic heterocycles. The van der Waals surface area contributed by atoms with Crippen molar-refractivity contribution in [2.24, 2.45) is 0 Å². The Hall–Kier alpha value is -2.60. The number of ether oxygens (including phenoxy) is 1. The lowest BCUT2D eigenvalue weighted by atomic mass is 10.2. The molecule has 0 fully saturated rings. The normalized spacial score (nSPS) is 11.0. The largest absolute Gasteiger partial charge is 0.467 e. The van der Waals surface area contributed by atoms with Gasteiger partial charge < -0.3 is 19.0 Å². The van der Waals surface area contributed by atoms with E-state index in [1.54, 1.807) is 42.5 Å². The van der Waals surface area contributed by atoms with Crippen LogP contribution in [0.25, 0.3) is 10.9 Å². The minimum absolute atomic E-state index is 0.228. The number of halogens is 1. The Kier molecular flexibility index (Phi) is 4.43. The van der Waals surface area contributed by atoms with Gasteiger partial charge in [-0.1, -0.05) is 6.07 Å². The molecule has 2 heterocycles. The molecule has 0 spiro atoms. The fourth-order valence-electron chi connectivity index (χ4n) is 2.45. The number of H-pyrrole nitrogens is 1. The van der Waals surface area contributed by atoms with Crippen LogP contribution < -0.4 is 0 Å². The summed E-state index contributed by atoms with van der Waals surface area (Å²) in [6.45, 7) is 1.14. The van der Waals surface area contributed by atoms with E-state index in [2.05, 4.69) is 4.98 Å². The van der Waals surface area contributed by atoms with Gasteiger partial charge in [0, 0.05) is 24.6 Å². The molecule has 5 nitrogen and oxygen atoms in total. The number of aromatic nitrogens is 1. The number of furan rings is 1. The summed E-state index contributed by atoms with van der Waals surface area (Å²) in [6, 6.07) is 9.82. The molecule has 23 heavy (non-hydrogen) atoms. The smallest absolute Gasteiger partial charge is 0.270 e. The second-order valence-electron chi connectivity index (χ2n) is 5.18. The quantitative estimate of drug-likeness (QED) is 0.760. The molecule has 1 amide bonds. The van der Waals surface area contributed by atoms with E-state index in [-0.39, 0.29) is 11.7 Å². The highest BCUT2D eigenvalue weighted by molar-refractivity contribution is 5.98. The summed E-state index contributed by atoms with van der Waals surface area (Å²) in [6.07, 6.45) is 1.56. The Morgan fingerprint density at radius 2 is 2.22 bits per heavy atom. The summed E-state index contributed by atoms with van der Waals surface area (Å²) in [5, 5.41) is 0.403. The average Bonchev–Trinajstić information content (AvgIpc) is 3.20. The molecule has 2 aromatic heterocycles. The first-order valence-corrected chi connectivity index (χ1v) is 7.27. The van der Waals surface area contributed by atoms with Crippen LogP contribution in [0.4, 0.5) is 4.39 Å². The highest BCUT2D eigenvalue weighted by Crippen LogP contribution is 2.20. The van der Waals surface area contributed by atoms with Crippen LogP contribution in [0.1, 0.15) is 16.2 Å². The van der Waals surface area contributed by atoms with Gasteiger partial charge in [-0.05, 0) is 30.3 Å². The number of hydrogen-bond acceptors (Lipinski definition) is 3. The molecule has 0 aliphatic rings. The Labute approximate surface area is 132 Å². The van der Waals surface area contributed by atoms with Crippen molar-refractivity contribution in [1.29, 1.82) is 0 Å². The monoisotopic (exact) mass is 316 g/mol.